The topological polar surface area (TPSA) is 87.7 Å². The molecule has 0 spiro atoms. The molecule has 1 aliphatic heterocycles. The molecular formula is C19H23N3O4S. The van der Waals surface area contributed by atoms with Crippen molar-refractivity contribution in [3.05, 3.63) is 54.1 Å². The van der Waals surface area contributed by atoms with Crippen molar-refractivity contribution in [3.8, 4) is 5.75 Å². The molecule has 2 aromatic carbocycles. The second-order valence-corrected chi connectivity index (χ2v) is 7.91. The van der Waals surface area contributed by atoms with E-state index < -0.39 is 10.0 Å². The highest BCUT2D eigenvalue weighted by Crippen LogP contribution is 2.26. The van der Waals surface area contributed by atoms with Gasteiger partial charge in [0.1, 0.15) is 5.75 Å². The molecule has 144 valence electrons. The van der Waals surface area contributed by atoms with Gasteiger partial charge in [-0.05, 0) is 49.4 Å². The fraction of sp³-hybridized carbons (Fsp3) is 0.316. The Bertz CT molecular complexity index is 889. The van der Waals surface area contributed by atoms with Gasteiger partial charge in [-0.1, -0.05) is 12.1 Å². The highest BCUT2D eigenvalue weighted by molar-refractivity contribution is 7.92. The van der Waals surface area contributed by atoms with Gasteiger partial charge in [0, 0.05) is 25.2 Å². The summed E-state index contributed by atoms with van der Waals surface area (Å²) in [6.07, 6.45) is 0.904. The Morgan fingerprint density at radius 3 is 2.56 bits per heavy atom. The maximum atomic E-state index is 12.6. The van der Waals surface area contributed by atoms with Gasteiger partial charge in [0.05, 0.1) is 17.7 Å². The Morgan fingerprint density at radius 2 is 1.81 bits per heavy atom. The molecule has 0 saturated carbocycles. The van der Waals surface area contributed by atoms with Crippen molar-refractivity contribution in [2.75, 3.05) is 38.0 Å². The first kappa shape index (κ1) is 19.2. The average molecular weight is 389 g/mol. The van der Waals surface area contributed by atoms with Crippen LogP contribution >= 0.6 is 0 Å². The third-order valence-corrected chi connectivity index (χ3v) is 5.77. The lowest BCUT2D eigenvalue weighted by Gasteiger charge is -2.20. The number of anilines is 1. The van der Waals surface area contributed by atoms with Crippen LogP contribution in [-0.2, 0) is 10.0 Å². The molecule has 7 nitrogen and oxygen atoms in total. The van der Waals surface area contributed by atoms with Crippen LogP contribution in [0.1, 0.15) is 16.8 Å². The molecule has 27 heavy (non-hydrogen) atoms. The van der Waals surface area contributed by atoms with Crippen LogP contribution in [0, 0.1) is 0 Å². The molecule has 0 bridgehead atoms. The standard InChI is InChI=1S/C19H23N3O4S/c1-26-18-6-3-2-5-17(18)21-27(24,25)16-9-7-15(8-10-16)19(23)22-13-4-11-20-12-14-22/h2-3,5-10,20-21H,4,11-14H2,1H3. The molecule has 8 heteroatoms. The number of benzene rings is 2. The van der Waals surface area contributed by atoms with E-state index in [1.54, 1.807) is 41.3 Å². The molecule has 1 aliphatic rings. The van der Waals surface area contributed by atoms with E-state index in [0.29, 0.717) is 30.1 Å². The number of para-hydroxylation sites is 2. The summed E-state index contributed by atoms with van der Waals surface area (Å²) < 4.78 is 32.9. The maximum absolute atomic E-state index is 12.6. The Morgan fingerprint density at radius 1 is 1.07 bits per heavy atom. The van der Waals surface area contributed by atoms with Crippen LogP contribution in [0.4, 0.5) is 5.69 Å². The van der Waals surface area contributed by atoms with Gasteiger partial charge in [-0.2, -0.15) is 0 Å². The molecule has 1 heterocycles. The van der Waals surface area contributed by atoms with Gasteiger partial charge in [-0.25, -0.2) is 8.42 Å². The molecule has 0 aliphatic carbocycles. The number of hydrogen-bond acceptors (Lipinski definition) is 5. The predicted molar refractivity (Wildman–Crippen MR) is 104 cm³/mol. The Balaban J connectivity index is 1.76. The lowest BCUT2D eigenvalue weighted by Crippen LogP contribution is -2.34. The molecule has 0 aromatic heterocycles. The van der Waals surface area contributed by atoms with Gasteiger partial charge >= 0.3 is 0 Å². The molecular weight excluding hydrogens is 366 g/mol. The van der Waals surface area contributed by atoms with Crippen molar-refractivity contribution in [2.45, 2.75) is 11.3 Å². The van der Waals surface area contributed by atoms with Crippen molar-refractivity contribution in [2.24, 2.45) is 0 Å². The van der Waals surface area contributed by atoms with E-state index >= 15 is 0 Å². The minimum atomic E-state index is -3.78. The fourth-order valence-corrected chi connectivity index (χ4v) is 4.01. The number of nitrogens with zero attached hydrogens (tertiary/aromatic N) is 1. The third kappa shape index (κ3) is 4.58. The summed E-state index contributed by atoms with van der Waals surface area (Å²) in [4.78, 5) is 14.5. The van der Waals surface area contributed by atoms with Crippen LogP contribution in [0.2, 0.25) is 0 Å². The molecule has 1 fully saturated rings. The third-order valence-electron chi connectivity index (χ3n) is 4.39. The van der Waals surface area contributed by atoms with Gasteiger partial charge in [0.25, 0.3) is 15.9 Å². The fourth-order valence-electron chi connectivity index (χ4n) is 2.94. The summed E-state index contributed by atoms with van der Waals surface area (Å²) in [5.41, 5.74) is 0.838. The van der Waals surface area contributed by atoms with Crippen molar-refractivity contribution in [3.63, 3.8) is 0 Å². The van der Waals surface area contributed by atoms with Crippen molar-refractivity contribution in [1.82, 2.24) is 10.2 Å². The predicted octanol–water partition coefficient (Wildman–Crippen LogP) is 1.93. The molecule has 0 unspecified atom stereocenters. The molecule has 0 atom stereocenters. The highest BCUT2D eigenvalue weighted by Gasteiger charge is 2.20. The number of hydrogen-bond donors (Lipinski definition) is 2. The summed E-state index contributed by atoms with van der Waals surface area (Å²) in [6.45, 7) is 3.01. The minimum Gasteiger partial charge on any atom is -0.495 e. The monoisotopic (exact) mass is 389 g/mol. The number of rotatable bonds is 5. The summed E-state index contributed by atoms with van der Waals surface area (Å²) in [5, 5.41) is 3.25. The molecule has 2 aromatic rings. The van der Waals surface area contributed by atoms with Crippen molar-refractivity contribution in [1.29, 1.82) is 0 Å². The zero-order valence-electron chi connectivity index (χ0n) is 15.1. The lowest BCUT2D eigenvalue weighted by molar-refractivity contribution is 0.0766. The number of carbonyl (C=O) groups is 1. The molecule has 3 rings (SSSR count). The van der Waals surface area contributed by atoms with Crippen LogP contribution in [0.3, 0.4) is 0 Å². The van der Waals surface area contributed by atoms with E-state index in [2.05, 4.69) is 10.0 Å². The van der Waals surface area contributed by atoms with Gasteiger partial charge in [-0.15, -0.1) is 0 Å². The van der Waals surface area contributed by atoms with E-state index in [4.69, 9.17) is 4.74 Å². The van der Waals surface area contributed by atoms with Crippen LogP contribution < -0.4 is 14.8 Å². The van der Waals surface area contributed by atoms with E-state index in [1.165, 1.54) is 19.2 Å². The van der Waals surface area contributed by atoms with Crippen molar-refractivity contribution >= 4 is 21.6 Å². The zero-order valence-corrected chi connectivity index (χ0v) is 16.0. The molecule has 1 saturated heterocycles. The number of nitrogens with one attached hydrogen (secondary N) is 2. The van der Waals surface area contributed by atoms with Gasteiger partial charge in [0.15, 0.2) is 0 Å². The molecule has 1 amide bonds. The van der Waals surface area contributed by atoms with Gasteiger partial charge in [-0.3, -0.25) is 9.52 Å². The first-order valence-corrected chi connectivity index (χ1v) is 10.3. The maximum Gasteiger partial charge on any atom is 0.262 e. The zero-order chi connectivity index (χ0) is 19.3. The van der Waals surface area contributed by atoms with E-state index in [0.717, 1.165) is 19.5 Å². The number of methoxy groups -OCH3 is 1. The largest absolute Gasteiger partial charge is 0.495 e. The first-order chi connectivity index (χ1) is 13.0. The number of carbonyl (C=O) groups excluding carboxylic acids is 1. The summed E-state index contributed by atoms with van der Waals surface area (Å²) in [6, 6.07) is 12.8. The minimum absolute atomic E-state index is 0.0830. The van der Waals surface area contributed by atoms with Gasteiger partial charge in [0.2, 0.25) is 0 Å². The second kappa shape index (κ2) is 8.41. The normalized spacial score (nSPS) is 15.1. The number of amides is 1. The van der Waals surface area contributed by atoms with Crippen molar-refractivity contribution < 1.29 is 17.9 Å². The van der Waals surface area contributed by atoms with E-state index in [-0.39, 0.29) is 10.8 Å². The summed E-state index contributed by atoms with van der Waals surface area (Å²) in [7, 11) is -2.31. The SMILES string of the molecule is COc1ccccc1NS(=O)(=O)c1ccc(C(=O)N2CCCNCC2)cc1. The van der Waals surface area contributed by atoms with Crippen LogP contribution in [0.15, 0.2) is 53.4 Å². The van der Waals surface area contributed by atoms with E-state index in [9.17, 15) is 13.2 Å². The van der Waals surface area contributed by atoms with Gasteiger partial charge < -0.3 is 15.0 Å². The Labute approximate surface area is 159 Å². The Kier molecular flexibility index (Phi) is 5.98. The van der Waals surface area contributed by atoms with Crippen LogP contribution in [-0.4, -0.2) is 52.5 Å². The average Bonchev–Trinajstić information content (AvgIpc) is 2.97. The Hall–Kier alpha value is -2.58. The molecule has 0 radical (unpaired) electrons. The summed E-state index contributed by atoms with van der Waals surface area (Å²) >= 11 is 0. The smallest absolute Gasteiger partial charge is 0.262 e. The first-order valence-electron chi connectivity index (χ1n) is 8.77. The molecule has 2 N–H and O–H groups in total. The van der Waals surface area contributed by atoms with Crippen LogP contribution in [0.25, 0.3) is 0 Å². The second-order valence-electron chi connectivity index (χ2n) is 6.23. The lowest BCUT2D eigenvalue weighted by atomic mass is 10.2. The highest BCUT2D eigenvalue weighted by atomic mass is 32.2. The number of ether oxygens (including phenoxy) is 1. The quantitative estimate of drug-likeness (QED) is 0.816. The summed E-state index contributed by atoms with van der Waals surface area (Å²) in [5.74, 6) is 0.350. The number of sulfonamides is 1. The van der Waals surface area contributed by atoms with E-state index in [1.807, 2.05) is 0 Å². The van der Waals surface area contributed by atoms with Crippen LogP contribution in [0.5, 0.6) is 5.75 Å².